The third-order valence-electron chi connectivity index (χ3n) is 0. The van der Waals surface area contributed by atoms with Gasteiger partial charge in [-0.1, -0.05) is 0 Å². The molecule has 0 aromatic rings. The topological polar surface area (TPSA) is 94.8 Å². The molecule has 0 aliphatic carbocycles. The Morgan fingerprint density at radius 1 is 1.12 bits per heavy atom. The van der Waals surface area contributed by atoms with Gasteiger partial charge in [0.05, 0.1) is 0 Å². The van der Waals surface area contributed by atoms with Gasteiger partial charge < -0.3 is 14.7 Å². The Bertz CT molecular complexity index is 66.2. The molecule has 0 aliphatic rings. The van der Waals surface area contributed by atoms with Gasteiger partial charge in [-0.3, -0.25) is 0 Å². The summed E-state index contributed by atoms with van der Waals surface area (Å²) in [5, 5.41) is 0. The summed E-state index contributed by atoms with van der Waals surface area (Å²) in [5.41, 5.74) is 0. The molecule has 3 N–H and O–H groups in total. The minimum atomic E-state index is -4.64. The van der Waals surface area contributed by atoms with Crippen LogP contribution in [0.4, 0.5) is 0 Å². The molecule has 1 radical (unpaired) electrons. The van der Waals surface area contributed by atoms with Crippen LogP contribution in [0.1, 0.15) is 0 Å². The van der Waals surface area contributed by atoms with Gasteiger partial charge in [-0.05, 0) is 0 Å². The molecule has 0 fully saturated rings. The minimum Gasteiger partial charge on any atom is 0 e. The molecule has 0 amide bonds. The van der Waals surface area contributed by atoms with Crippen LogP contribution in [0.15, 0.2) is 0 Å². The summed E-state index contributed by atoms with van der Waals surface area (Å²) in [7, 11) is -4.64. The first-order chi connectivity index (χ1) is 3.00. The van der Waals surface area contributed by atoms with E-state index >= 15 is 0 Å². The molecule has 0 unspecified atom stereocenters. The first-order valence-electron chi connectivity index (χ1n) is 0.965. The maximum Gasteiger partial charge on any atom is 0 e. The van der Waals surface area contributed by atoms with Crippen molar-refractivity contribution in [2.24, 2.45) is 0 Å². The average molecular weight is 216 g/mol. The molecule has 5 nitrogen and oxygen atoms in total. The zero-order valence-corrected chi connectivity index (χ0v) is 7.19. The predicted molar refractivity (Wildman–Crippen MR) is 14.9 cm³/mol. The fourth-order valence-corrected chi connectivity index (χ4v) is 0. The normalized spacial score (nSPS) is 7.75. The summed E-state index contributed by atoms with van der Waals surface area (Å²) in [5.74, 6) is 0. The third kappa shape index (κ3) is 225. The second-order valence-corrected chi connectivity index (χ2v) is 1.54. The molecule has 0 heterocycles. The van der Waals surface area contributed by atoms with E-state index in [0.29, 0.717) is 0 Å². The van der Waals surface area contributed by atoms with Crippen molar-refractivity contribution < 1.29 is 58.8 Å². The van der Waals surface area contributed by atoms with Crippen LogP contribution in [-0.4, -0.2) is 14.7 Å². The predicted octanol–water partition coefficient (Wildman–Crippen LogP) is -1.05. The van der Waals surface area contributed by atoms with Crippen molar-refractivity contribution in [2.75, 3.05) is 0 Å². The molecule has 0 atom stereocenters. The molecule has 0 bridgehead atoms. The number of phosphoric acid groups is 1. The van der Waals surface area contributed by atoms with Crippen molar-refractivity contribution in [1.29, 1.82) is 0 Å². The van der Waals surface area contributed by atoms with Crippen molar-refractivity contribution in [3.05, 3.63) is 0 Å². The summed E-state index contributed by atoms with van der Waals surface area (Å²) in [6.45, 7) is 0. The van der Waals surface area contributed by atoms with Gasteiger partial charge in [-0.25, -0.2) is 4.57 Å². The van der Waals surface area contributed by atoms with Gasteiger partial charge in [0.15, 0.2) is 0 Å². The van der Waals surface area contributed by atoms with Crippen LogP contribution in [0, 0.1) is 0 Å². The molecule has 0 saturated carbocycles. The number of hydrogen-bond acceptors (Lipinski definition) is 2. The molecule has 0 spiro atoms. The fourth-order valence-electron chi connectivity index (χ4n) is 0. The summed E-state index contributed by atoms with van der Waals surface area (Å²) in [4.78, 5) is 21.6. The quantitative estimate of drug-likeness (QED) is 0.449. The second-order valence-electron chi connectivity index (χ2n) is 0.513. The standard InChI is InChI=1S/H3O4P.O.2V/c1-5(2,3)4;;;/h(H3,1,2,3,4);;;. The molecular weight excluding hydrogens is 213 g/mol. The molecule has 0 aromatic carbocycles. The van der Waals surface area contributed by atoms with Crippen LogP contribution in [0.25, 0.3) is 0 Å². The van der Waals surface area contributed by atoms with E-state index in [1.54, 1.807) is 0 Å². The fraction of sp³-hybridized carbons (Fsp3) is 0. The Kier molecular flexibility index (Phi) is 16.2. The van der Waals surface area contributed by atoms with Crippen LogP contribution < -0.4 is 0 Å². The van der Waals surface area contributed by atoms with E-state index in [2.05, 4.69) is 0 Å². The summed E-state index contributed by atoms with van der Waals surface area (Å²) in [6, 6.07) is 0. The second kappa shape index (κ2) is 8.08. The zero-order chi connectivity index (χ0) is 6.50. The molecule has 0 aromatic heterocycles. The van der Waals surface area contributed by atoms with Crippen molar-refractivity contribution in [1.82, 2.24) is 0 Å². The third-order valence-corrected chi connectivity index (χ3v) is 0. The van der Waals surface area contributed by atoms with Gasteiger partial charge in [0, 0.05) is 18.6 Å². The van der Waals surface area contributed by atoms with Crippen molar-refractivity contribution >= 4 is 7.82 Å². The molecular formula is H3O5PV2. The van der Waals surface area contributed by atoms with E-state index < -0.39 is 7.82 Å². The van der Waals surface area contributed by atoms with Crippen LogP contribution in [0.5, 0.6) is 0 Å². The van der Waals surface area contributed by atoms with Crippen molar-refractivity contribution in [2.45, 2.75) is 0 Å². The Morgan fingerprint density at radius 2 is 1.12 bits per heavy atom. The Labute approximate surface area is 66.8 Å². The van der Waals surface area contributed by atoms with Crippen LogP contribution >= 0.6 is 7.82 Å². The van der Waals surface area contributed by atoms with E-state index in [9.17, 15) is 0 Å². The number of hydrogen-bond donors (Lipinski definition) is 3. The molecule has 8 heteroatoms. The van der Waals surface area contributed by atoms with E-state index in [-0.39, 0.29) is 18.6 Å². The molecule has 8 heavy (non-hydrogen) atoms. The first-order valence-corrected chi connectivity index (χ1v) is 3.10. The Morgan fingerprint density at radius 3 is 1.12 bits per heavy atom. The monoisotopic (exact) mass is 216 g/mol. The van der Waals surface area contributed by atoms with Crippen molar-refractivity contribution in [3.8, 4) is 0 Å². The molecule has 0 saturated heterocycles. The van der Waals surface area contributed by atoms with Crippen LogP contribution in [0.3, 0.4) is 0 Å². The average Bonchev–Trinajstić information content (AvgIpc) is 1.36. The number of rotatable bonds is 0. The summed E-state index contributed by atoms with van der Waals surface area (Å²) < 4.78 is 17.1. The van der Waals surface area contributed by atoms with Gasteiger partial charge in [-0.2, -0.15) is 0 Å². The Balaban J connectivity index is -0.0000000750. The van der Waals surface area contributed by atoms with Crippen molar-refractivity contribution in [3.63, 3.8) is 0 Å². The van der Waals surface area contributed by atoms with E-state index in [4.69, 9.17) is 22.9 Å². The van der Waals surface area contributed by atoms with Gasteiger partial charge in [0.25, 0.3) is 0 Å². The maximum absolute atomic E-state index is 8.88. The molecule has 0 aliphatic heterocycles. The van der Waals surface area contributed by atoms with Gasteiger partial charge in [0.1, 0.15) is 0 Å². The van der Waals surface area contributed by atoms with E-state index in [1.165, 1.54) is 0 Å². The Hall–Kier alpha value is 1.08. The summed E-state index contributed by atoms with van der Waals surface area (Å²) in [6.07, 6.45) is 0. The van der Waals surface area contributed by atoms with Gasteiger partial charge >= 0.3 is 28.9 Å². The SMILES string of the molecule is O=P(O)(O)O.[O]=[V].[V]. The molecule has 0 rings (SSSR count). The van der Waals surface area contributed by atoms with Crippen LogP contribution in [0.2, 0.25) is 0 Å². The zero-order valence-electron chi connectivity index (χ0n) is 3.50. The first kappa shape index (κ1) is 16.0. The minimum absolute atomic E-state index is 0. The smallest absolute Gasteiger partial charge is 0 e. The summed E-state index contributed by atoms with van der Waals surface area (Å²) >= 11 is 1.06. The van der Waals surface area contributed by atoms with Crippen LogP contribution in [-0.2, 0) is 44.2 Å². The van der Waals surface area contributed by atoms with E-state index in [0.717, 1.165) is 17.4 Å². The maximum atomic E-state index is 8.88. The molecule has 48 valence electrons. The largest absolute Gasteiger partial charge is 0 e. The van der Waals surface area contributed by atoms with E-state index in [1.807, 2.05) is 0 Å². The van der Waals surface area contributed by atoms with Gasteiger partial charge in [-0.15, -0.1) is 0 Å². The van der Waals surface area contributed by atoms with Gasteiger partial charge in [0.2, 0.25) is 0 Å².